The molecule has 0 saturated heterocycles. The molecule has 0 aliphatic carbocycles. The molecule has 1 aliphatic heterocycles. The van der Waals surface area contributed by atoms with Crippen molar-refractivity contribution in [1.29, 1.82) is 0 Å². The van der Waals surface area contributed by atoms with Crippen LogP contribution in [-0.4, -0.2) is 20.5 Å². The first-order chi connectivity index (χ1) is 8.46. The summed E-state index contributed by atoms with van der Waals surface area (Å²) in [4.78, 5) is 11.2. The number of ketones is 1. The molecule has 1 aliphatic rings. The number of carbonyl (C=O) groups excluding carboxylic acids is 1. The molecule has 2 N–H and O–H groups in total. The predicted molar refractivity (Wildman–Crippen MR) is 62.3 cm³/mol. The molecule has 1 aromatic carbocycles. The van der Waals surface area contributed by atoms with Crippen LogP contribution in [0.3, 0.4) is 0 Å². The summed E-state index contributed by atoms with van der Waals surface area (Å²) in [5.74, 6) is -1.11. The first-order valence-corrected chi connectivity index (χ1v) is 6.66. The van der Waals surface area contributed by atoms with Crippen molar-refractivity contribution in [2.75, 3.05) is 0 Å². The van der Waals surface area contributed by atoms with Crippen LogP contribution >= 0.6 is 0 Å². The van der Waals surface area contributed by atoms with Crippen LogP contribution in [0.5, 0.6) is 0 Å². The zero-order valence-electron chi connectivity index (χ0n) is 9.28. The van der Waals surface area contributed by atoms with Crippen molar-refractivity contribution < 1.29 is 22.1 Å². The van der Waals surface area contributed by atoms with E-state index in [0.717, 1.165) is 6.08 Å². The van der Waals surface area contributed by atoms with E-state index in [9.17, 15) is 13.2 Å². The second kappa shape index (κ2) is 4.79. The molecule has 18 heavy (non-hydrogen) atoms. The Bertz CT molecular complexity index is 579. The summed E-state index contributed by atoms with van der Waals surface area (Å²) in [5, 5.41) is 0. The Morgan fingerprint density at radius 1 is 1.28 bits per heavy atom. The lowest BCUT2D eigenvalue weighted by Crippen LogP contribution is -2.25. The third-order valence-corrected chi connectivity index (χ3v) is 3.34. The molecular formula is C11H11NO5S. The summed E-state index contributed by atoms with van der Waals surface area (Å²) in [7, 11) is -3.91. The van der Waals surface area contributed by atoms with Gasteiger partial charge in [0.2, 0.25) is 5.78 Å². The first kappa shape index (κ1) is 12.6. The Hall–Kier alpha value is -1.86. The van der Waals surface area contributed by atoms with Crippen molar-refractivity contribution in [3.63, 3.8) is 0 Å². The standard InChI is InChI=1S/C11H11NO5S/c12-10-6-9(13)11(16-10)17-18(14,15)7-8-4-2-1-3-5-8/h1-6,11H,7,12H2. The average Bonchev–Trinajstić information content (AvgIpc) is 2.57. The van der Waals surface area contributed by atoms with Crippen molar-refractivity contribution in [2.24, 2.45) is 5.73 Å². The van der Waals surface area contributed by atoms with Crippen LogP contribution in [-0.2, 0) is 29.6 Å². The summed E-state index contributed by atoms with van der Waals surface area (Å²) < 4.78 is 32.8. The summed E-state index contributed by atoms with van der Waals surface area (Å²) >= 11 is 0. The second-order valence-electron chi connectivity index (χ2n) is 3.68. The number of rotatable bonds is 4. The molecule has 6 nitrogen and oxygen atoms in total. The predicted octanol–water partition coefficient (Wildman–Crippen LogP) is 0.258. The van der Waals surface area contributed by atoms with Crippen LogP contribution < -0.4 is 5.73 Å². The normalized spacial score (nSPS) is 19.4. The molecule has 1 heterocycles. The summed E-state index contributed by atoms with van der Waals surface area (Å²) in [6.07, 6.45) is -0.512. The van der Waals surface area contributed by atoms with Gasteiger partial charge < -0.3 is 10.5 Å². The van der Waals surface area contributed by atoms with E-state index < -0.39 is 22.2 Å². The quantitative estimate of drug-likeness (QED) is 0.788. The molecule has 0 bridgehead atoms. The average molecular weight is 269 g/mol. The van der Waals surface area contributed by atoms with E-state index in [1.807, 2.05) is 0 Å². The van der Waals surface area contributed by atoms with Gasteiger partial charge in [0.15, 0.2) is 5.88 Å². The molecule has 2 rings (SSSR count). The highest BCUT2D eigenvalue weighted by atomic mass is 32.2. The molecule has 0 amide bonds. The molecule has 1 aromatic rings. The topological polar surface area (TPSA) is 95.7 Å². The summed E-state index contributed by atoms with van der Waals surface area (Å²) in [6.45, 7) is 0. The number of hydrogen-bond donors (Lipinski definition) is 1. The van der Waals surface area contributed by atoms with Gasteiger partial charge in [-0.25, -0.2) is 4.18 Å². The Labute approximate surface area is 104 Å². The van der Waals surface area contributed by atoms with Gasteiger partial charge in [0.05, 0.1) is 0 Å². The van der Waals surface area contributed by atoms with Gasteiger partial charge in [-0.1, -0.05) is 30.3 Å². The van der Waals surface area contributed by atoms with Crippen molar-refractivity contribution >= 4 is 15.9 Å². The molecule has 0 spiro atoms. The molecule has 7 heteroatoms. The van der Waals surface area contributed by atoms with Gasteiger partial charge in [-0.15, -0.1) is 0 Å². The largest absolute Gasteiger partial charge is 0.441 e. The fourth-order valence-electron chi connectivity index (χ4n) is 1.44. The molecule has 96 valence electrons. The smallest absolute Gasteiger partial charge is 0.281 e. The van der Waals surface area contributed by atoms with Gasteiger partial charge in [-0.2, -0.15) is 8.42 Å². The maximum absolute atomic E-state index is 11.7. The molecule has 1 unspecified atom stereocenters. The lowest BCUT2D eigenvalue weighted by atomic mass is 10.2. The highest BCUT2D eigenvalue weighted by molar-refractivity contribution is 7.85. The molecule has 0 radical (unpaired) electrons. The van der Waals surface area contributed by atoms with Crippen molar-refractivity contribution in [1.82, 2.24) is 0 Å². The zero-order valence-corrected chi connectivity index (χ0v) is 10.1. The number of carbonyl (C=O) groups is 1. The zero-order chi connectivity index (χ0) is 13.2. The van der Waals surface area contributed by atoms with Gasteiger partial charge >= 0.3 is 0 Å². The van der Waals surface area contributed by atoms with E-state index in [-0.39, 0.29) is 11.6 Å². The van der Waals surface area contributed by atoms with Crippen LogP contribution in [0.15, 0.2) is 42.3 Å². The van der Waals surface area contributed by atoms with Gasteiger partial charge in [0, 0.05) is 6.08 Å². The fourth-order valence-corrected chi connectivity index (χ4v) is 2.51. The van der Waals surface area contributed by atoms with Crippen molar-refractivity contribution in [2.45, 2.75) is 12.0 Å². The lowest BCUT2D eigenvalue weighted by Gasteiger charge is -2.11. The van der Waals surface area contributed by atoms with E-state index in [4.69, 9.17) is 10.5 Å². The highest BCUT2D eigenvalue weighted by Gasteiger charge is 2.31. The highest BCUT2D eigenvalue weighted by Crippen LogP contribution is 2.16. The minimum atomic E-state index is -3.91. The van der Waals surface area contributed by atoms with Gasteiger partial charge in [0.1, 0.15) is 5.75 Å². The monoisotopic (exact) mass is 269 g/mol. The van der Waals surface area contributed by atoms with Crippen LogP contribution in [0, 0.1) is 0 Å². The maximum atomic E-state index is 11.7. The summed E-state index contributed by atoms with van der Waals surface area (Å²) in [5.41, 5.74) is 5.79. The van der Waals surface area contributed by atoms with E-state index in [1.54, 1.807) is 30.3 Å². The van der Waals surface area contributed by atoms with Crippen molar-refractivity contribution in [3.05, 3.63) is 47.9 Å². The third kappa shape index (κ3) is 3.08. The number of ether oxygens (including phenoxy) is 1. The van der Waals surface area contributed by atoms with Crippen LogP contribution in [0.2, 0.25) is 0 Å². The van der Waals surface area contributed by atoms with Crippen LogP contribution in [0.1, 0.15) is 5.56 Å². The lowest BCUT2D eigenvalue weighted by molar-refractivity contribution is -0.133. The van der Waals surface area contributed by atoms with Gasteiger partial charge in [0.25, 0.3) is 16.4 Å². The van der Waals surface area contributed by atoms with E-state index in [2.05, 4.69) is 4.18 Å². The fraction of sp³-hybridized carbons (Fsp3) is 0.182. The number of hydrogen-bond acceptors (Lipinski definition) is 6. The van der Waals surface area contributed by atoms with Crippen LogP contribution in [0.25, 0.3) is 0 Å². The molecule has 0 aromatic heterocycles. The Balaban J connectivity index is 2.03. The third-order valence-electron chi connectivity index (χ3n) is 2.18. The van der Waals surface area contributed by atoms with E-state index >= 15 is 0 Å². The van der Waals surface area contributed by atoms with E-state index in [0.29, 0.717) is 5.56 Å². The van der Waals surface area contributed by atoms with E-state index in [1.165, 1.54) is 0 Å². The molecule has 0 fully saturated rings. The van der Waals surface area contributed by atoms with Gasteiger partial charge in [-0.3, -0.25) is 4.79 Å². The van der Waals surface area contributed by atoms with Gasteiger partial charge in [-0.05, 0) is 5.56 Å². The van der Waals surface area contributed by atoms with Crippen molar-refractivity contribution in [3.8, 4) is 0 Å². The first-order valence-electron chi connectivity index (χ1n) is 5.09. The Morgan fingerprint density at radius 2 is 1.94 bits per heavy atom. The minimum absolute atomic E-state index is 0.153. The second-order valence-corrected chi connectivity index (χ2v) is 5.28. The maximum Gasteiger partial charge on any atom is 0.281 e. The SMILES string of the molecule is NC1=CC(=O)C(OS(=O)(=O)Cc2ccccc2)O1. The van der Waals surface area contributed by atoms with Crippen LogP contribution in [0.4, 0.5) is 0 Å². The number of benzene rings is 1. The Morgan fingerprint density at radius 3 is 2.50 bits per heavy atom. The molecule has 0 saturated carbocycles. The summed E-state index contributed by atoms with van der Waals surface area (Å²) in [6, 6.07) is 8.48. The molecular weight excluding hydrogens is 258 g/mol. The molecule has 1 atom stereocenters. The Kier molecular flexibility index (Phi) is 3.35. The number of nitrogens with two attached hydrogens (primary N) is 1. The minimum Gasteiger partial charge on any atom is -0.441 e.